The summed E-state index contributed by atoms with van der Waals surface area (Å²) in [6.45, 7) is 12.4. The predicted octanol–water partition coefficient (Wildman–Crippen LogP) is 5.98. The Morgan fingerprint density at radius 1 is 1.22 bits per heavy atom. The van der Waals surface area contributed by atoms with E-state index in [1.807, 2.05) is 18.4 Å². The number of thiazole rings is 1. The van der Waals surface area contributed by atoms with Crippen molar-refractivity contribution in [1.29, 1.82) is 0 Å². The Kier molecular flexibility index (Phi) is 8.56. The molecule has 3 heterocycles. The molecule has 3 aromatic rings. The van der Waals surface area contributed by atoms with Gasteiger partial charge in [0.1, 0.15) is 10.7 Å². The van der Waals surface area contributed by atoms with Gasteiger partial charge < -0.3 is 9.88 Å². The number of unbranched alkanes of at least 4 members (excludes halogenated alkanes) is 1. The van der Waals surface area contributed by atoms with Gasteiger partial charge in [-0.25, -0.2) is 4.98 Å². The molecule has 1 N–H and O–H groups in total. The van der Waals surface area contributed by atoms with Gasteiger partial charge in [-0.2, -0.15) is 0 Å². The molecular weight excluding hydrogens is 418 g/mol. The first-order chi connectivity index (χ1) is 15.4. The molecule has 0 spiro atoms. The molecule has 0 aliphatic rings. The van der Waals surface area contributed by atoms with Crippen molar-refractivity contribution in [2.75, 3.05) is 6.54 Å². The molecule has 1 unspecified atom stereocenters. The topological polar surface area (TPSA) is 72.7 Å². The Morgan fingerprint density at radius 2 is 2.03 bits per heavy atom. The van der Waals surface area contributed by atoms with Crippen molar-refractivity contribution in [2.45, 2.75) is 66.8 Å². The minimum Gasteiger partial charge on any atom is -0.352 e. The number of carbonyl (C=O) groups is 1. The van der Waals surface area contributed by atoms with Gasteiger partial charge in [0.05, 0.1) is 23.1 Å². The van der Waals surface area contributed by atoms with Gasteiger partial charge in [-0.3, -0.25) is 14.8 Å². The zero-order chi connectivity index (χ0) is 23.1. The van der Waals surface area contributed by atoms with Crippen LogP contribution in [0.1, 0.15) is 69.4 Å². The number of carbonyl (C=O) groups excluding carboxylic acids is 1. The zero-order valence-electron chi connectivity index (χ0n) is 19.9. The first-order valence-corrected chi connectivity index (χ1v) is 12.5. The van der Waals surface area contributed by atoms with Gasteiger partial charge in [-0.05, 0) is 31.2 Å². The van der Waals surface area contributed by atoms with Crippen LogP contribution in [0.5, 0.6) is 0 Å². The molecule has 1 atom stereocenters. The Morgan fingerprint density at radius 3 is 2.69 bits per heavy atom. The maximum Gasteiger partial charge on any atom is 0.253 e. The lowest BCUT2D eigenvalue weighted by Gasteiger charge is -2.16. The number of nitrogens with one attached hydrogen (secondary N) is 1. The highest BCUT2D eigenvalue weighted by Gasteiger charge is 2.21. The highest BCUT2D eigenvalue weighted by atomic mass is 32.1. The Bertz CT molecular complexity index is 1010. The quantitative estimate of drug-likeness (QED) is 0.388. The lowest BCUT2D eigenvalue weighted by molar-refractivity contribution is 0.0945. The molecule has 3 rings (SSSR count). The molecular formula is C25H35N5OS. The monoisotopic (exact) mass is 453 g/mol. The van der Waals surface area contributed by atoms with E-state index in [2.05, 4.69) is 47.5 Å². The van der Waals surface area contributed by atoms with Crippen molar-refractivity contribution in [2.24, 2.45) is 11.8 Å². The van der Waals surface area contributed by atoms with Crippen LogP contribution in [0.25, 0.3) is 22.1 Å². The summed E-state index contributed by atoms with van der Waals surface area (Å²) in [6, 6.07) is 2.00. The second-order valence-corrected chi connectivity index (χ2v) is 9.65. The minimum absolute atomic E-state index is 0.00517. The average Bonchev–Trinajstić information content (AvgIpc) is 3.40. The predicted molar refractivity (Wildman–Crippen MR) is 132 cm³/mol. The lowest BCUT2D eigenvalue weighted by atomic mass is 9.99. The van der Waals surface area contributed by atoms with E-state index in [1.54, 1.807) is 29.9 Å². The summed E-state index contributed by atoms with van der Waals surface area (Å²) in [5, 5.41) is 6.05. The van der Waals surface area contributed by atoms with Gasteiger partial charge in [-0.15, -0.1) is 11.3 Å². The molecule has 7 heteroatoms. The number of hydrogen-bond acceptors (Lipinski definition) is 5. The number of aromatic nitrogens is 4. The molecule has 32 heavy (non-hydrogen) atoms. The van der Waals surface area contributed by atoms with E-state index in [4.69, 9.17) is 4.98 Å². The van der Waals surface area contributed by atoms with Gasteiger partial charge in [0, 0.05) is 36.6 Å². The van der Waals surface area contributed by atoms with Crippen LogP contribution in [-0.2, 0) is 6.54 Å². The van der Waals surface area contributed by atoms with Crippen molar-refractivity contribution in [3.05, 3.63) is 41.3 Å². The fraction of sp³-hybridized carbons (Fsp3) is 0.520. The van der Waals surface area contributed by atoms with Crippen LogP contribution in [0, 0.1) is 18.8 Å². The molecule has 172 valence electrons. The molecule has 3 aromatic heterocycles. The second kappa shape index (κ2) is 11.4. The Hall–Kier alpha value is -2.54. The summed E-state index contributed by atoms with van der Waals surface area (Å²) in [5.41, 5.74) is 4.33. The summed E-state index contributed by atoms with van der Waals surface area (Å²) in [6.07, 6.45) is 9.71. The van der Waals surface area contributed by atoms with Crippen molar-refractivity contribution < 1.29 is 4.79 Å². The van der Waals surface area contributed by atoms with Crippen molar-refractivity contribution in [3.63, 3.8) is 0 Å². The molecule has 0 aromatic carbocycles. The smallest absolute Gasteiger partial charge is 0.253 e. The molecule has 0 fully saturated rings. The van der Waals surface area contributed by atoms with E-state index < -0.39 is 0 Å². The van der Waals surface area contributed by atoms with Crippen LogP contribution >= 0.6 is 11.3 Å². The molecule has 0 bridgehead atoms. The Labute approximate surface area is 195 Å². The van der Waals surface area contributed by atoms with E-state index in [9.17, 15) is 4.79 Å². The van der Waals surface area contributed by atoms with Crippen molar-refractivity contribution in [3.8, 4) is 22.1 Å². The third-order valence-electron chi connectivity index (χ3n) is 5.80. The van der Waals surface area contributed by atoms with E-state index in [0.29, 0.717) is 11.8 Å². The first-order valence-electron chi connectivity index (χ1n) is 11.6. The number of amides is 1. The largest absolute Gasteiger partial charge is 0.352 e. The van der Waals surface area contributed by atoms with E-state index in [0.717, 1.165) is 59.3 Å². The van der Waals surface area contributed by atoms with E-state index in [-0.39, 0.29) is 5.91 Å². The normalized spacial score (nSPS) is 12.3. The summed E-state index contributed by atoms with van der Waals surface area (Å²) in [5.74, 6) is 0.988. The summed E-state index contributed by atoms with van der Waals surface area (Å²) >= 11 is 1.55. The van der Waals surface area contributed by atoms with E-state index >= 15 is 0 Å². The van der Waals surface area contributed by atoms with Gasteiger partial charge in [-0.1, -0.05) is 47.0 Å². The molecule has 0 aliphatic carbocycles. The molecule has 6 nitrogen and oxygen atoms in total. The van der Waals surface area contributed by atoms with Gasteiger partial charge in [0.15, 0.2) is 0 Å². The second-order valence-electron chi connectivity index (χ2n) is 8.79. The summed E-state index contributed by atoms with van der Waals surface area (Å²) < 4.78 is 2.23. The van der Waals surface area contributed by atoms with E-state index in [1.165, 1.54) is 12.8 Å². The third kappa shape index (κ3) is 5.82. The number of nitrogens with zero attached hydrogens (tertiary/aromatic N) is 4. The SMILES string of the molecule is CCCCC(CC)CNC(=O)c1cc(-c2csc(-c3cnccn3)n2)n(CC(C)C)c1C. The zero-order valence-corrected chi connectivity index (χ0v) is 20.7. The van der Waals surface area contributed by atoms with Crippen LogP contribution in [0.3, 0.4) is 0 Å². The summed E-state index contributed by atoms with van der Waals surface area (Å²) in [7, 11) is 0. The number of hydrogen-bond donors (Lipinski definition) is 1. The van der Waals surface area contributed by atoms with Crippen LogP contribution in [-0.4, -0.2) is 32.0 Å². The van der Waals surface area contributed by atoms with Crippen LogP contribution in [0.2, 0.25) is 0 Å². The fourth-order valence-electron chi connectivity index (χ4n) is 3.88. The maximum absolute atomic E-state index is 13.1. The van der Waals surface area contributed by atoms with Crippen LogP contribution in [0.15, 0.2) is 30.0 Å². The molecule has 0 saturated heterocycles. The van der Waals surface area contributed by atoms with Crippen molar-refractivity contribution in [1.82, 2.24) is 24.8 Å². The first kappa shape index (κ1) is 24.1. The molecule has 0 radical (unpaired) electrons. The lowest BCUT2D eigenvalue weighted by Crippen LogP contribution is -2.29. The average molecular weight is 454 g/mol. The van der Waals surface area contributed by atoms with Crippen LogP contribution < -0.4 is 5.32 Å². The van der Waals surface area contributed by atoms with Gasteiger partial charge >= 0.3 is 0 Å². The van der Waals surface area contributed by atoms with Gasteiger partial charge in [0.25, 0.3) is 5.91 Å². The Balaban J connectivity index is 1.87. The van der Waals surface area contributed by atoms with Crippen LogP contribution in [0.4, 0.5) is 0 Å². The minimum atomic E-state index is 0.00517. The van der Waals surface area contributed by atoms with Crippen molar-refractivity contribution >= 4 is 17.2 Å². The maximum atomic E-state index is 13.1. The standard InChI is InChI=1S/C25H35N5OS/c1-6-8-9-19(7-2)13-28-24(31)20-12-23(30(18(20)5)15-17(3)4)22-16-32-25(29-22)21-14-26-10-11-27-21/h10-12,14,16-17,19H,6-9,13,15H2,1-5H3,(H,28,31). The fourth-order valence-corrected chi connectivity index (χ4v) is 4.66. The molecule has 0 saturated carbocycles. The molecule has 1 amide bonds. The number of rotatable bonds is 11. The van der Waals surface area contributed by atoms with Gasteiger partial charge in [0.2, 0.25) is 0 Å². The highest BCUT2D eigenvalue weighted by molar-refractivity contribution is 7.13. The highest BCUT2D eigenvalue weighted by Crippen LogP contribution is 2.31. The molecule has 0 aliphatic heterocycles. The summed E-state index contributed by atoms with van der Waals surface area (Å²) in [4.78, 5) is 26.4. The third-order valence-corrected chi connectivity index (χ3v) is 6.67.